The first-order valence-corrected chi connectivity index (χ1v) is 6.53. The van der Waals surface area contributed by atoms with Gasteiger partial charge in [0.25, 0.3) is 0 Å². The van der Waals surface area contributed by atoms with E-state index in [0.717, 1.165) is 32.5 Å². The molecule has 0 saturated carbocycles. The third kappa shape index (κ3) is 3.96. The first kappa shape index (κ1) is 14.5. The maximum absolute atomic E-state index is 11.5. The van der Waals surface area contributed by atoms with Crippen molar-refractivity contribution in [3.05, 3.63) is 0 Å². The molecule has 0 spiro atoms. The van der Waals surface area contributed by atoms with Gasteiger partial charge < -0.3 is 9.47 Å². The summed E-state index contributed by atoms with van der Waals surface area (Å²) in [6.45, 7) is 8.79. The minimum absolute atomic E-state index is 0.0830. The lowest BCUT2D eigenvalue weighted by molar-refractivity contribution is -0.147. The second-order valence-corrected chi connectivity index (χ2v) is 4.77. The van der Waals surface area contributed by atoms with Crippen molar-refractivity contribution in [1.82, 2.24) is 4.90 Å². The Kier molecular flexibility index (Phi) is 5.92. The molecular weight excluding hydrogens is 218 g/mol. The molecule has 1 fully saturated rings. The Morgan fingerprint density at radius 3 is 2.76 bits per heavy atom. The number of likely N-dealkylation sites (tertiary alicyclic amines) is 1. The molecule has 4 heteroatoms. The summed E-state index contributed by atoms with van der Waals surface area (Å²) in [5.41, 5.74) is 0. The van der Waals surface area contributed by atoms with Crippen molar-refractivity contribution in [2.75, 3.05) is 26.8 Å². The van der Waals surface area contributed by atoms with Crippen LogP contribution in [0.5, 0.6) is 0 Å². The van der Waals surface area contributed by atoms with Crippen molar-refractivity contribution in [1.29, 1.82) is 0 Å². The zero-order valence-electron chi connectivity index (χ0n) is 11.4. The van der Waals surface area contributed by atoms with Crippen molar-refractivity contribution >= 4 is 5.97 Å². The molecule has 0 aliphatic carbocycles. The number of rotatable bonds is 5. The van der Waals surface area contributed by atoms with Crippen LogP contribution >= 0.6 is 0 Å². The van der Waals surface area contributed by atoms with Gasteiger partial charge in [-0.1, -0.05) is 6.92 Å². The third-order valence-electron chi connectivity index (χ3n) is 3.68. The number of piperidine rings is 1. The number of hydrogen-bond donors (Lipinski definition) is 0. The number of carbonyl (C=O) groups is 1. The van der Waals surface area contributed by atoms with Gasteiger partial charge in [0, 0.05) is 19.2 Å². The van der Waals surface area contributed by atoms with Gasteiger partial charge in [-0.15, -0.1) is 0 Å². The molecule has 0 bridgehead atoms. The Labute approximate surface area is 104 Å². The lowest BCUT2D eigenvalue weighted by Crippen LogP contribution is -2.48. The third-order valence-corrected chi connectivity index (χ3v) is 3.68. The Morgan fingerprint density at radius 1 is 1.47 bits per heavy atom. The van der Waals surface area contributed by atoms with E-state index in [0.29, 0.717) is 6.10 Å². The highest BCUT2D eigenvalue weighted by atomic mass is 16.5. The molecule has 0 N–H and O–H groups in total. The lowest BCUT2D eigenvalue weighted by atomic mass is 9.98. The predicted octanol–water partition coefficient (Wildman–Crippen LogP) is 1.68. The van der Waals surface area contributed by atoms with Gasteiger partial charge >= 0.3 is 5.97 Å². The van der Waals surface area contributed by atoms with Crippen LogP contribution in [0.15, 0.2) is 0 Å². The number of nitrogens with zero attached hydrogens (tertiary/aromatic N) is 1. The van der Waals surface area contributed by atoms with Crippen LogP contribution in [0.25, 0.3) is 0 Å². The van der Waals surface area contributed by atoms with Crippen molar-refractivity contribution < 1.29 is 14.3 Å². The fraction of sp³-hybridized carbons (Fsp3) is 0.923. The molecule has 1 aliphatic rings. The zero-order chi connectivity index (χ0) is 12.8. The van der Waals surface area contributed by atoms with Crippen molar-refractivity contribution in [3.8, 4) is 0 Å². The molecule has 17 heavy (non-hydrogen) atoms. The van der Waals surface area contributed by atoms with Gasteiger partial charge in [-0.2, -0.15) is 0 Å². The summed E-state index contributed by atoms with van der Waals surface area (Å²) in [7, 11) is 1.45. The van der Waals surface area contributed by atoms with Crippen molar-refractivity contribution in [2.45, 2.75) is 45.8 Å². The largest absolute Gasteiger partial charge is 0.469 e. The van der Waals surface area contributed by atoms with E-state index in [1.807, 2.05) is 13.8 Å². The fourth-order valence-corrected chi connectivity index (χ4v) is 2.41. The first-order chi connectivity index (χ1) is 8.10. The van der Waals surface area contributed by atoms with Gasteiger partial charge in [-0.05, 0) is 33.2 Å². The molecule has 1 saturated heterocycles. The van der Waals surface area contributed by atoms with E-state index in [-0.39, 0.29) is 17.9 Å². The summed E-state index contributed by atoms with van der Waals surface area (Å²) in [6, 6.07) is 0.214. The molecule has 4 nitrogen and oxygen atoms in total. The summed E-state index contributed by atoms with van der Waals surface area (Å²) in [5.74, 6) is -0.212. The molecule has 0 aromatic carbocycles. The molecule has 1 aliphatic heterocycles. The van der Waals surface area contributed by atoms with E-state index < -0.39 is 0 Å². The number of hydrogen-bond acceptors (Lipinski definition) is 4. The molecule has 0 amide bonds. The van der Waals surface area contributed by atoms with Gasteiger partial charge in [-0.3, -0.25) is 9.69 Å². The van der Waals surface area contributed by atoms with Crippen molar-refractivity contribution in [2.24, 2.45) is 5.92 Å². The number of methoxy groups -OCH3 is 1. The van der Waals surface area contributed by atoms with E-state index in [4.69, 9.17) is 9.47 Å². The van der Waals surface area contributed by atoms with Crippen LogP contribution in [0.4, 0.5) is 0 Å². The van der Waals surface area contributed by atoms with E-state index in [1.54, 1.807) is 0 Å². The van der Waals surface area contributed by atoms with E-state index in [9.17, 15) is 4.79 Å². The molecule has 100 valence electrons. The Bertz CT molecular complexity index is 243. The maximum atomic E-state index is 11.5. The van der Waals surface area contributed by atoms with E-state index in [2.05, 4.69) is 11.8 Å². The molecule has 3 atom stereocenters. The smallest absolute Gasteiger partial charge is 0.309 e. The zero-order valence-corrected chi connectivity index (χ0v) is 11.4. The summed E-state index contributed by atoms with van der Waals surface area (Å²) in [6.07, 6.45) is 2.59. The van der Waals surface area contributed by atoms with Crippen LogP contribution in [0.1, 0.15) is 33.6 Å². The van der Waals surface area contributed by atoms with Crippen LogP contribution in [-0.2, 0) is 14.3 Å². The predicted molar refractivity (Wildman–Crippen MR) is 66.9 cm³/mol. The fourth-order valence-electron chi connectivity index (χ4n) is 2.41. The minimum atomic E-state index is -0.129. The van der Waals surface area contributed by atoms with Gasteiger partial charge in [0.15, 0.2) is 0 Å². The standard InChI is InChI=1S/C13H25NO3/c1-5-17-12-7-6-8-14(9-12)11(3)10(2)13(15)16-4/h10-12H,5-9H2,1-4H3. The normalized spacial score (nSPS) is 25.3. The molecule has 1 heterocycles. The van der Waals surface area contributed by atoms with Crippen LogP contribution in [0, 0.1) is 5.92 Å². The Morgan fingerprint density at radius 2 is 2.18 bits per heavy atom. The highest BCUT2D eigenvalue weighted by molar-refractivity contribution is 5.72. The van der Waals surface area contributed by atoms with E-state index in [1.165, 1.54) is 7.11 Å². The van der Waals surface area contributed by atoms with Gasteiger partial charge in [0.1, 0.15) is 0 Å². The van der Waals surface area contributed by atoms with Crippen LogP contribution in [0.3, 0.4) is 0 Å². The summed E-state index contributed by atoms with van der Waals surface area (Å²) >= 11 is 0. The van der Waals surface area contributed by atoms with Crippen LogP contribution in [0.2, 0.25) is 0 Å². The molecule has 0 aromatic heterocycles. The SMILES string of the molecule is CCOC1CCCN(C(C)C(C)C(=O)OC)C1. The van der Waals surface area contributed by atoms with Gasteiger partial charge in [0.05, 0.1) is 19.1 Å². The molecule has 1 rings (SSSR count). The first-order valence-electron chi connectivity index (χ1n) is 6.53. The quantitative estimate of drug-likeness (QED) is 0.689. The average Bonchev–Trinajstić information content (AvgIpc) is 2.36. The molecular formula is C13H25NO3. The average molecular weight is 243 g/mol. The summed E-state index contributed by atoms with van der Waals surface area (Å²) in [5, 5.41) is 0. The highest BCUT2D eigenvalue weighted by Crippen LogP contribution is 2.20. The maximum Gasteiger partial charge on any atom is 0.309 e. The summed E-state index contributed by atoms with van der Waals surface area (Å²) in [4.78, 5) is 13.9. The Hall–Kier alpha value is -0.610. The summed E-state index contributed by atoms with van der Waals surface area (Å²) < 4.78 is 10.5. The number of esters is 1. The van der Waals surface area contributed by atoms with Crippen molar-refractivity contribution in [3.63, 3.8) is 0 Å². The monoisotopic (exact) mass is 243 g/mol. The molecule has 0 aromatic rings. The second-order valence-electron chi connectivity index (χ2n) is 4.77. The highest BCUT2D eigenvalue weighted by Gasteiger charge is 2.30. The Balaban J connectivity index is 2.50. The molecule has 3 unspecified atom stereocenters. The van der Waals surface area contributed by atoms with E-state index >= 15 is 0 Å². The van der Waals surface area contributed by atoms with Crippen LogP contribution < -0.4 is 0 Å². The molecule has 0 radical (unpaired) electrons. The van der Waals surface area contributed by atoms with Gasteiger partial charge in [0.2, 0.25) is 0 Å². The number of ether oxygens (including phenoxy) is 2. The lowest BCUT2D eigenvalue weighted by Gasteiger charge is -2.38. The minimum Gasteiger partial charge on any atom is -0.469 e. The van der Waals surface area contributed by atoms with Gasteiger partial charge in [-0.25, -0.2) is 0 Å². The van der Waals surface area contributed by atoms with Crippen LogP contribution in [-0.4, -0.2) is 49.8 Å². The topological polar surface area (TPSA) is 38.8 Å². The second kappa shape index (κ2) is 6.97. The number of carbonyl (C=O) groups excluding carboxylic acids is 1.